The van der Waals surface area contributed by atoms with Crippen molar-refractivity contribution in [2.45, 2.75) is 65.1 Å². The Labute approximate surface area is 179 Å². The molecule has 152 valence electrons. The van der Waals surface area contributed by atoms with Gasteiger partial charge in [-0.15, -0.1) is 34.2 Å². The van der Waals surface area contributed by atoms with Crippen molar-refractivity contribution in [3.8, 4) is 0 Å². The van der Waals surface area contributed by atoms with E-state index in [9.17, 15) is 0 Å². The van der Waals surface area contributed by atoms with Gasteiger partial charge in [-0.25, -0.2) is 0 Å². The van der Waals surface area contributed by atoms with E-state index < -0.39 is 0 Å². The van der Waals surface area contributed by atoms with Crippen LogP contribution in [0.1, 0.15) is 44.8 Å². The molecule has 1 saturated heterocycles. The van der Waals surface area contributed by atoms with Crippen LogP contribution in [0, 0.1) is 24.2 Å². The number of hydrogen-bond donors (Lipinski definition) is 2. The SMILES string of the molecule is CN=C(NCC1CCc2nnc(C)n2C1)NC1C2CCCOC2C1(C)C.I. The largest absolute Gasteiger partial charge is 0.377 e. The highest BCUT2D eigenvalue weighted by molar-refractivity contribution is 14.0. The number of ether oxygens (including phenoxy) is 1. The Morgan fingerprint density at radius 3 is 2.93 bits per heavy atom. The van der Waals surface area contributed by atoms with Crippen LogP contribution in [0.15, 0.2) is 4.99 Å². The Hall–Kier alpha value is -0.900. The first-order valence-electron chi connectivity index (χ1n) is 9.98. The van der Waals surface area contributed by atoms with Crippen molar-refractivity contribution in [3.05, 3.63) is 11.6 Å². The predicted octanol–water partition coefficient (Wildman–Crippen LogP) is 2.14. The lowest BCUT2D eigenvalue weighted by Crippen LogP contribution is -2.71. The zero-order chi connectivity index (χ0) is 18.3. The van der Waals surface area contributed by atoms with Crippen LogP contribution in [0.5, 0.6) is 0 Å². The summed E-state index contributed by atoms with van der Waals surface area (Å²) in [5.41, 5.74) is 0.155. The predicted molar refractivity (Wildman–Crippen MR) is 117 cm³/mol. The molecule has 2 N–H and O–H groups in total. The molecule has 0 aromatic carbocycles. The van der Waals surface area contributed by atoms with Crippen molar-refractivity contribution in [3.63, 3.8) is 0 Å². The van der Waals surface area contributed by atoms with Gasteiger partial charge < -0.3 is 19.9 Å². The molecule has 1 aromatic rings. The maximum absolute atomic E-state index is 6.01. The number of aliphatic imine (C=N–C) groups is 1. The summed E-state index contributed by atoms with van der Waals surface area (Å²) in [5, 5.41) is 15.7. The molecule has 1 aromatic heterocycles. The maximum atomic E-state index is 6.01. The summed E-state index contributed by atoms with van der Waals surface area (Å²) in [5.74, 6) is 4.25. The first-order chi connectivity index (χ1) is 12.5. The van der Waals surface area contributed by atoms with E-state index in [4.69, 9.17) is 4.74 Å². The molecule has 8 heteroatoms. The van der Waals surface area contributed by atoms with E-state index in [-0.39, 0.29) is 29.4 Å². The summed E-state index contributed by atoms with van der Waals surface area (Å²) in [6.45, 7) is 9.48. The molecule has 0 amide bonds. The Balaban J connectivity index is 0.00000210. The topological polar surface area (TPSA) is 76.4 Å². The summed E-state index contributed by atoms with van der Waals surface area (Å²) in [7, 11) is 1.86. The minimum Gasteiger partial charge on any atom is -0.377 e. The number of aromatic nitrogens is 3. The zero-order valence-electron chi connectivity index (χ0n) is 16.9. The average molecular weight is 488 g/mol. The van der Waals surface area contributed by atoms with Crippen molar-refractivity contribution in [2.24, 2.45) is 22.2 Å². The molecule has 7 nitrogen and oxygen atoms in total. The van der Waals surface area contributed by atoms with Gasteiger partial charge in [-0.3, -0.25) is 4.99 Å². The van der Waals surface area contributed by atoms with Crippen LogP contribution in [-0.2, 0) is 17.7 Å². The number of hydrogen-bond acceptors (Lipinski definition) is 4. The second-order valence-electron chi connectivity index (χ2n) is 8.67. The van der Waals surface area contributed by atoms with Crippen molar-refractivity contribution in [1.82, 2.24) is 25.4 Å². The summed E-state index contributed by atoms with van der Waals surface area (Å²) >= 11 is 0. The van der Waals surface area contributed by atoms with E-state index in [1.807, 2.05) is 14.0 Å². The lowest BCUT2D eigenvalue weighted by atomic mass is 9.55. The Morgan fingerprint density at radius 1 is 1.33 bits per heavy atom. The van der Waals surface area contributed by atoms with Gasteiger partial charge in [0.25, 0.3) is 0 Å². The van der Waals surface area contributed by atoms with Crippen LogP contribution >= 0.6 is 24.0 Å². The van der Waals surface area contributed by atoms with Crippen LogP contribution in [0.3, 0.4) is 0 Å². The van der Waals surface area contributed by atoms with Gasteiger partial charge in [0.05, 0.1) is 6.10 Å². The third-order valence-corrected chi connectivity index (χ3v) is 6.63. The van der Waals surface area contributed by atoms with Gasteiger partial charge in [-0.2, -0.15) is 0 Å². The summed E-state index contributed by atoms with van der Waals surface area (Å²) < 4.78 is 8.27. The van der Waals surface area contributed by atoms with E-state index in [0.717, 1.165) is 50.1 Å². The quantitative estimate of drug-likeness (QED) is 0.388. The molecule has 4 atom stereocenters. The molecule has 3 aliphatic rings. The molecule has 3 heterocycles. The molecule has 2 fully saturated rings. The molecule has 4 unspecified atom stereocenters. The highest BCUT2D eigenvalue weighted by Crippen LogP contribution is 2.51. The lowest BCUT2D eigenvalue weighted by molar-refractivity contribution is -0.188. The summed E-state index contributed by atoms with van der Waals surface area (Å²) in [6, 6.07) is 0.428. The number of nitrogens with zero attached hydrogens (tertiary/aromatic N) is 4. The number of aryl methyl sites for hydroxylation is 2. The minimum absolute atomic E-state index is 0. The smallest absolute Gasteiger partial charge is 0.191 e. The van der Waals surface area contributed by atoms with E-state index in [1.54, 1.807) is 0 Å². The lowest BCUT2D eigenvalue weighted by Gasteiger charge is -2.60. The second kappa shape index (κ2) is 8.23. The van der Waals surface area contributed by atoms with Gasteiger partial charge in [-0.05, 0) is 32.1 Å². The fourth-order valence-corrected chi connectivity index (χ4v) is 5.10. The second-order valence-corrected chi connectivity index (χ2v) is 8.67. The molecule has 0 bridgehead atoms. The number of halogens is 1. The van der Waals surface area contributed by atoms with E-state index in [0.29, 0.717) is 24.0 Å². The summed E-state index contributed by atoms with van der Waals surface area (Å²) in [4.78, 5) is 4.47. The van der Waals surface area contributed by atoms with Gasteiger partial charge in [0.2, 0.25) is 0 Å². The number of rotatable bonds is 3. The molecule has 4 rings (SSSR count). The Bertz CT molecular complexity index is 688. The summed E-state index contributed by atoms with van der Waals surface area (Å²) in [6.07, 6.45) is 4.97. The van der Waals surface area contributed by atoms with Crippen molar-refractivity contribution < 1.29 is 4.74 Å². The first kappa shape index (κ1) is 20.8. The van der Waals surface area contributed by atoms with Gasteiger partial charge in [0.15, 0.2) is 5.96 Å². The Kier molecular flexibility index (Phi) is 6.34. The fraction of sp³-hybridized carbons (Fsp3) is 0.842. The van der Waals surface area contributed by atoms with Crippen LogP contribution in [0.4, 0.5) is 0 Å². The standard InChI is InChI=1S/C19H32N6O.HI/c1-12-23-24-15-8-7-13(11-25(12)15)10-21-18(20-4)22-16-14-6-5-9-26-17(14)19(16,2)3;/h13-14,16-17H,5-11H2,1-4H3,(H2,20,21,22);1H. The van der Waals surface area contributed by atoms with Crippen LogP contribution in [0.2, 0.25) is 0 Å². The monoisotopic (exact) mass is 488 g/mol. The van der Waals surface area contributed by atoms with Crippen molar-refractivity contribution in [2.75, 3.05) is 20.2 Å². The van der Waals surface area contributed by atoms with Crippen LogP contribution in [-0.4, -0.2) is 53.1 Å². The van der Waals surface area contributed by atoms with Gasteiger partial charge in [0, 0.05) is 50.5 Å². The van der Waals surface area contributed by atoms with E-state index >= 15 is 0 Å². The van der Waals surface area contributed by atoms with Gasteiger partial charge >= 0.3 is 0 Å². The molecule has 1 saturated carbocycles. The molecular formula is C19H33IN6O. The van der Waals surface area contributed by atoms with Crippen molar-refractivity contribution in [1.29, 1.82) is 0 Å². The number of nitrogens with one attached hydrogen (secondary N) is 2. The van der Waals surface area contributed by atoms with E-state index in [2.05, 4.69) is 44.2 Å². The molecule has 2 aliphatic heterocycles. The zero-order valence-corrected chi connectivity index (χ0v) is 19.2. The van der Waals surface area contributed by atoms with Gasteiger partial charge in [0.1, 0.15) is 11.6 Å². The van der Waals surface area contributed by atoms with E-state index in [1.165, 1.54) is 12.8 Å². The average Bonchev–Trinajstić information content (AvgIpc) is 3.02. The minimum atomic E-state index is 0. The van der Waals surface area contributed by atoms with Gasteiger partial charge in [-0.1, -0.05) is 13.8 Å². The molecule has 1 aliphatic carbocycles. The first-order valence-corrected chi connectivity index (χ1v) is 9.98. The Morgan fingerprint density at radius 2 is 2.15 bits per heavy atom. The number of guanidine groups is 1. The molecule has 27 heavy (non-hydrogen) atoms. The third kappa shape index (κ3) is 3.83. The maximum Gasteiger partial charge on any atom is 0.191 e. The molecule has 0 radical (unpaired) electrons. The third-order valence-electron chi connectivity index (χ3n) is 6.63. The fourth-order valence-electron chi connectivity index (χ4n) is 5.10. The number of fused-ring (bicyclic) bond motifs is 2. The highest BCUT2D eigenvalue weighted by atomic mass is 127. The van der Waals surface area contributed by atoms with Crippen LogP contribution < -0.4 is 10.6 Å². The molecule has 0 spiro atoms. The van der Waals surface area contributed by atoms with Crippen molar-refractivity contribution >= 4 is 29.9 Å². The normalized spacial score (nSPS) is 31.8. The van der Waals surface area contributed by atoms with Crippen LogP contribution in [0.25, 0.3) is 0 Å². The molecular weight excluding hydrogens is 455 g/mol. The highest BCUT2D eigenvalue weighted by Gasteiger charge is 2.58.